The third-order valence-corrected chi connectivity index (χ3v) is 5.65. The molecule has 0 radical (unpaired) electrons. The molecule has 1 heterocycles. The van der Waals surface area contributed by atoms with Gasteiger partial charge in [0.1, 0.15) is 0 Å². The van der Waals surface area contributed by atoms with E-state index < -0.39 is 0 Å². The lowest BCUT2D eigenvalue weighted by Gasteiger charge is -2.17. The first kappa shape index (κ1) is 15.7. The van der Waals surface area contributed by atoms with E-state index in [1.54, 1.807) is 11.3 Å². The van der Waals surface area contributed by atoms with Gasteiger partial charge in [-0.25, -0.2) is 0 Å². The fourth-order valence-electron chi connectivity index (χ4n) is 2.97. The summed E-state index contributed by atoms with van der Waals surface area (Å²) in [5.41, 5.74) is 1.10. The highest BCUT2D eigenvalue weighted by atomic mass is 79.9. The number of halogens is 1. The average molecular weight is 379 g/mol. The molecule has 0 unspecified atom stereocenters. The number of nitrogens with zero attached hydrogens (tertiary/aromatic N) is 2. The van der Waals surface area contributed by atoms with E-state index in [2.05, 4.69) is 44.2 Å². The Hall–Kier alpha value is -1.20. The van der Waals surface area contributed by atoms with Gasteiger partial charge in [0.15, 0.2) is 4.80 Å². The Bertz CT molecular complexity index is 769. The van der Waals surface area contributed by atoms with E-state index in [4.69, 9.17) is 0 Å². The van der Waals surface area contributed by atoms with Crippen molar-refractivity contribution in [2.45, 2.75) is 38.6 Å². The molecule has 3 rings (SSSR count). The smallest absolute Gasteiger partial charge is 0.251 e. The molecule has 2 aromatic rings. The predicted octanol–water partition coefficient (Wildman–Crippen LogP) is 4.66. The lowest BCUT2D eigenvalue weighted by atomic mass is 9.89. The van der Waals surface area contributed by atoms with Gasteiger partial charge in [0, 0.05) is 16.9 Å². The minimum Gasteiger partial charge on any atom is -0.313 e. The summed E-state index contributed by atoms with van der Waals surface area (Å²) < 4.78 is 4.24. The van der Waals surface area contributed by atoms with Crippen LogP contribution in [0.25, 0.3) is 10.2 Å². The first-order chi connectivity index (χ1) is 10.7. The first-order valence-electron chi connectivity index (χ1n) is 7.67. The van der Waals surface area contributed by atoms with Crippen LogP contribution >= 0.6 is 27.3 Å². The highest BCUT2D eigenvalue weighted by Gasteiger charge is 2.21. The van der Waals surface area contributed by atoms with Crippen LogP contribution in [0.2, 0.25) is 0 Å². The summed E-state index contributed by atoms with van der Waals surface area (Å²) >= 11 is 5.07. The normalized spacial score (nSPS) is 17.0. The number of carbonyl (C=O) groups excluding carboxylic acids is 1. The van der Waals surface area contributed by atoms with Gasteiger partial charge in [0.05, 0.1) is 10.2 Å². The summed E-state index contributed by atoms with van der Waals surface area (Å²) in [5, 5.41) is 0. The standard InChI is InChI=1S/C17H19BrN2OS/c1-2-10-20-14-9-8-13(18)11-15(14)22-17(20)19-16(21)12-6-4-3-5-7-12/h2,8-9,11-12H,1,3-7,10H2. The van der Waals surface area contributed by atoms with Gasteiger partial charge in [0.25, 0.3) is 5.91 Å². The molecular weight excluding hydrogens is 360 g/mol. The van der Waals surface area contributed by atoms with Crippen LogP contribution in [0.5, 0.6) is 0 Å². The van der Waals surface area contributed by atoms with E-state index in [1.165, 1.54) is 6.42 Å². The molecule has 1 fully saturated rings. The number of carbonyl (C=O) groups is 1. The third-order valence-electron chi connectivity index (χ3n) is 4.12. The van der Waals surface area contributed by atoms with E-state index >= 15 is 0 Å². The maximum absolute atomic E-state index is 12.5. The van der Waals surface area contributed by atoms with Crippen molar-refractivity contribution in [3.63, 3.8) is 0 Å². The molecule has 1 amide bonds. The van der Waals surface area contributed by atoms with Crippen LogP contribution in [-0.4, -0.2) is 10.5 Å². The molecule has 1 saturated carbocycles. The van der Waals surface area contributed by atoms with Gasteiger partial charge >= 0.3 is 0 Å². The van der Waals surface area contributed by atoms with E-state index in [0.29, 0.717) is 6.54 Å². The SMILES string of the molecule is C=CCn1c(=NC(=O)C2CCCCC2)sc2cc(Br)ccc21. The van der Waals surface area contributed by atoms with Crippen molar-refractivity contribution < 1.29 is 4.79 Å². The molecule has 22 heavy (non-hydrogen) atoms. The number of hydrogen-bond donors (Lipinski definition) is 0. The quantitative estimate of drug-likeness (QED) is 0.715. The number of aromatic nitrogens is 1. The van der Waals surface area contributed by atoms with Crippen molar-refractivity contribution in [2.24, 2.45) is 10.9 Å². The largest absolute Gasteiger partial charge is 0.313 e. The van der Waals surface area contributed by atoms with Crippen LogP contribution in [-0.2, 0) is 11.3 Å². The van der Waals surface area contributed by atoms with Crippen molar-refractivity contribution in [3.05, 3.63) is 40.1 Å². The van der Waals surface area contributed by atoms with Gasteiger partial charge < -0.3 is 4.57 Å². The molecule has 0 aliphatic heterocycles. The third kappa shape index (κ3) is 3.25. The number of hydrogen-bond acceptors (Lipinski definition) is 2. The number of amides is 1. The minimum atomic E-state index is 0.0446. The summed E-state index contributed by atoms with van der Waals surface area (Å²) in [6.45, 7) is 4.48. The molecule has 0 N–H and O–H groups in total. The van der Waals surface area contributed by atoms with E-state index in [9.17, 15) is 4.79 Å². The topological polar surface area (TPSA) is 34.4 Å². The molecule has 0 bridgehead atoms. The van der Waals surface area contributed by atoms with Gasteiger partial charge in [-0.2, -0.15) is 4.99 Å². The zero-order chi connectivity index (χ0) is 15.5. The summed E-state index contributed by atoms with van der Waals surface area (Å²) in [5.74, 6) is 0.158. The minimum absolute atomic E-state index is 0.0446. The van der Waals surface area contributed by atoms with Crippen LogP contribution in [0.15, 0.2) is 40.3 Å². The molecule has 5 heteroatoms. The second-order valence-corrected chi connectivity index (χ2v) is 7.61. The second-order valence-electron chi connectivity index (χ2n) is 5.68. The van der Waals surface area contributed by atoms with Crippen LogP contribution in [0.3, 0.4) is 0 Å². The fraction of sp³-hybridized carbons (Fsp3) is 0.412. The summed E-state index contributed by atoms with van der Waals surface area (Å²) in [4.78, 5) is 17.7. The Balaban J connectivity index is 2.04. The first-order valence-corrected chi connectivity index (χ1v) is 9.28. The van der Waals surface area contributed by atoms with Crippen molar-refractivity contribution in [1.29, 1.82) is 0 Å². The summed E-state index contributed by atoms with van der Waals surface area (Å²) in [6, 6.07) is 6.15. The maximum Gasteiger partial charge on any atom is 0.251 e. The van der Waals surface area contributed by atoms with Gasteiger partial charge in [-0.3, -0.25) is 4.79 Å². The van der Waals surface area contributed by atoms with Gasteiger partial charge in [-0.1, -0.05) is 52.6 Å². The van der Waals surface area contributed by atoms with Gasteiger partial charge in [0.2, 0.25) is 0 Å². The Morgan fingerprint density at radius 3 is 2.91 bits per heavy atom. The maximum atomic E-state index is 12.5. The second kappa shape index (κ2) is 6.92. The molecule has 1 aromatic carbocycles. The summed E-state index contributed by atoms with van der Waals surface area (Å²) in [7, 11) is 0. The molecular formula is C17H19BrN2OS. The zero-order valence-corrected chi connectivity index (χ0v) is 14.8. The number of rotatable bonds is 3. The molecule has 1 aliphatic carbocycles. The van der Waals surface area contributed by atoms with Gasteiger partial charge in [-0.15, -0.1) is 6.58 Å². The Morgan fingerprint density at radius 1 is 1.41 bits per heavy atom. The van der Waals surface area contributed by atoms with Gasteiger partial charge in [-0.05, 0) is 31.0 Å². The van der Waals surface area contributed by atoms with Crippen LogP contribution < -0.4 is 4.80 Å². The zero-order valence-electron chi connectivity index (χ0n) is 12.4. The lowest BCUT2D eigenvalue weighted by Crippen LogP contribution is -2.21. The van der Waals surface area contributed by atoms with Crippen molar-refractivity contribution >= 4 is 43.4 Å². The highest BCUT2D eigenvalue weighted by molar-refractivity contribution is 9.10. The Kier molecular flexibility index (Phi) is 4.93. The molecule has 0 spiro atoms. The van der Waals surface area contributed by atoms with Crippen LogP contribution in [0.4, 0.5) is 0 Å². The van der Waals surface area contributed by atoms with E-state index in [0.717, 1.165) is 45.2 Å². The molecule has 3 nitrogen and oxygen atoms in total. The Morgan fingerprint density at radius 2 is 2.18 bits per heavy atom. The number of fused-ring (bicyclic) bond motifs is 1. The molecule has 116 valence electrons. The fourth-order valence-corrected chi connectivity index (χ4v) is 4.57. The average Bonchev–Trinajstić information content (AvgIpc) is 2.85. The van der Waals surface area contributed by atoms with E-state index in [-0.39, 0.29) is 11.8 Å². The molecule has 0 saturated heterocycles. The van der Waals surface area contributed by atoms with Crippen molar-refractivity contribution in [2.75, 3.05) is 0 Å². The van der Waals surface area contributed by atoms with E-state index in [1.807, 2.05) is 12.1 Å². The number of allylic oxidation sites excluding steroid dienone is 1. The molecule has 1 aliphatic rings. The monoisotopic (exact) mass is 378 g/mol. The van der Waals surface area contributed by atoms with Crippen molar-refractivity contribution in [1.82, 2.24) is 4.57 Å². The lowest BCUT2D eigenvalue weighted by molar-refractivity contribution is -0.122. The molecule has 1 aromatic heterocycles. The van der Waals surface area contributed by atoms with Crippen LogP contribution in [0.1, 0.15) is 32.1 Å². The highest BCUT2D eigenvalue weighted by Crippen LogP contribution is 2.25. The number of benzene rings is 1. The summed E-state index contributed by atoms with van der Waals surface area (Å²) in [6.07, 6.45) is 7.37. The molecule has 0 atom stereocenters. The predicted molar refractivity (Wildman–Crippen MR) is 94.9 cm³/mol. The Labute approximate surface area is 142 Å². The van der Waals surface area contributed by atoms with Crippen LogP contribution in [0, 0.1) is 5.92 Å². The number of thiazole rings is 1. The van der Waals surface area contributed by atoms with Crippen molar-refractivity contribution in [3.8, 4) is 0 Å².